The summed E-state index contributed by atoms with van der Waals surface area (Å²) in [5.74, 6) is 0.0613. The number of urea groups is 1. The molecule has 29 heavy (non-hydrogen) atoms. The zero-order valence-electron chi connectivity index (χ0n) is 17.5. The average Bonchev–Trinajstić information content (AvgIpc) is 2.68. The van der Waals surface area contributed by atoms with Crippen LogP contribution in [0, 0.1) is 5.41 Å². The Labute approximate surface area is 177 Å². The van der Waals surface area contributed by atoms with Gasteiger partial charge in [0.05, 0.1) is 17.7 Å². The van der Waals surface area contributed by atoms with Crippen molar-refractivity contribution in [3.05, 3.63) is 52.6 Å². The molecule has 0 atom stereocenters. The van der Waals surface area contributed by atoms with E-state index in [1.807, 2.05) is 33.8 Å². The van der Waals surface area contributed by atoms with Crippen molar-refractivity contribution in [1.82, 2.24) is 15.3 Å². The van der Waals surface area contributed by atoms with E-state index in [4.69, 9.17) is 21.7 Å². The number of amides is 3. The molecule has 1 saturated heterocycles. The predicted molar refractivity (Wildman–Crippen MR) is 117 cm³/mol. The highest BCUT2D eigenvalue weighted by atomic mass is 35.5. The van der Waals surface area contributed by atoms with Gasteiger partial charge in [0.15, 0.2) is 0 Å². The van der Waals surface area contributed by atoms with Crippen molar-refractivity contribution in [2.45, 2.75) is 33.8 Å². The average molecular weight is 421 g/mol. The number of carbonyl (C=O) groups excluding carboxylic acids is 2. The van der Waals surface area contributed by atoms with E-state index in [1.54, 1.807) is 31.3 Å². The Hall–Kier alpha value is -2.80. The molecule has 158 valence electrons. The molecule has 1 heterocycles. The van der Waals surface area contributed by atoms with Gasteiger partial charge in [0.2, 0.25) is 0 Å². The highest BCUT2D eigenvalue weighted by Crippen LogP contribution is 2.26. The zero-order valence-corrected chi connectivity index (χ0v) is 18.3. The topological polar surface area (TPSA) is 85.7 Å². The van der Waals surface area contributed by atoms with Gasteiger partial charge >= 0.3 is 6.03 Å². The Morgan fingerprint density at radius 1 is 1.28 bits per heavy atom. The number of hydrazine groups is 1. The molecule has 0 radical (unpaired) electrons. The van der Waals surface area contributed by atoms with Crippen molar-refractivity contribution in [2.24, 2.45) is 0 Å². The number of carbonyl (C=O) groups is 2. The van der Waals surface area contributed by atoms with Gasteiger partial charge in [-0.2, -0.15) is 0 Å². The fraction of sp³-hybridized carbons (Fsp3) is 0.381. The van der Waals surface area contributed by atoms with Crippen molar-refractivity contribution in [1.29, 1.82) is 5.41 Å². The van der Waals surface area contributed by atoms with Crippen LogP contribution in [0.25, 0.3) is 0 Å². The van der Waals surface area contributed by atoms with E-state index in [2.05, 4.69) is 5.43 Å². The van der Waals surface area contributed by atoms with Crippen LogP contribution in [0.5, 0.6) is 5.75 Å². The Morgan fingerprint density at radius 2 is 1.97 bits per heavy atom. The Kier molecular flexibility index (Phi) is 9.96. The van der Waals surface area contributed by atoms with E-state index < -0.39 is 5.91 Å². The van der Waals surface area contributed by atoms with E-state index in [9.17, 15) is 9.59 Å². The largest absolute Gasteiger partial charge is 0.489 e. The Morgan fingerprint density at radius 3 is 2.55 bits per heavy atom. The number of halogens is 1. The lowest BCUT2D eigenvalue weighted by Gasteiger charge is -2.34. The number of nitrogens with zero attached hydrogens (tertiary/aromatic N) is 2. The van der Waals surface area contributed by atoms with E-state index in [-0.39, 0.29) is 18.7 Å². The summed E-state index contributed by atoms with van der Waals surface area (Å²) in [5, 5.41) is 8.58. The second kappa shape index (κ2) is 11.9. The smallest absolute Gasteiger partial charge is 0.339 e. The molecule has 8 heteroatoms. The number of hydrogen-bond donors (Lipinski definition) is 2. The quantitative estimate of drug-likeness (QED) is 0.673. The number of ether oxygens (including phenoxy) is 1. The van der Waals surface area contributed by atoms with Crippen LogP contribution in [-0.2, 0) is 0 Å². The van der Waals surface area contributed by atoms with E-state index in [0.717, 1.165) is 5.57 Å². The normalized spacial score (nSPS) is 15.4. The SMILES string of the molecule is CC.CC(C)Oc1ccc(C(=O)NN2C/C(=C/C=C\C=N)CN(C)C2=O)cc1Cl. The van der Waals surface area contributed by atoms with Crippen LogP contribution in [0.3, 0.4) is 0 Å². The second-order valence-corrected chi connectivity index (χ2v) is 6.76. The third kappa shape index (κ3) is 7.27. The minimum Gasteiger partial charge on any atom is -0.489 e. The van der Waals surface area contributed by atoms with Gasteiger partial charge in [-0.1, -0.05) is 37.6 Å². The number of nitrogens with one attached hydrogen (secondary N) is 2. The van der Waals surface area contributed by atoms with E-state index >= 15 is 0 Å². The van der Waals surface area contributed by atoms with Gasteiger partial charge in [0.1, 0.15) is 5.75 Å². The molecule has 3 amide bonds. The molecule has 1 aromatic carbocycles. The van der Waals surface area contributed by atoms with Crippen molar-refractivity contribution >= 4 is 29.8 Å². The van der Waals surface area contributed by atoms with Gasteiger partial charge in [-0.25, -0.2) is 9.80 Å². The predicted octanol–water partition coefficient (Wildman–Crippen LogP) is 4.30. The van der Waals surface area contributed by atoms with Gasteiger partial charge in [0, 0.05) is 25.4 Å². The second-order valence-electron chi connectivity index (χ2n) is 6.35. The summed E-state index contributed by atoms with van der Waals surface area (Å²) in [5.41, 5.74) is 3.87. The molecule has 1 aromatic rings. The molecular weight excluding hydrogens is 392 g/mol. The molecule has 0 bridgehead atoms. The standard InChI is InChI=1S/C19H23ClN4O3.C2H6/c1-13(2)27-17-8-7-15(10-16(17)20)18(25)22-24-12-14(6-4-5-9-21)11-23(3)19(24)26;1-2/h4-10,13,21H,11-12H2,1-3H3,(H,22,25);1-2H3/b5-4-,14-6+,21-9?;. The van der Waals surface area contributed by atoms with Crippen molar-refractivity contribution in [3.63, 3.8) is 0 Å². The number of hydrogen-bond acceptors (Lipinski definition) is 4. The highest BCUT2D eigenvalue weighted by molar-refractivity contribution is 6.32. The maximum absolute atomic E-state index is 12.5. The molecule has 0 aliphatic carbocycles. The molecule has 0 saturated carbocycles. The Balaban J connectivity index is 0.00000204. The van der Waals surface area contributed by atoms with Crippen LogP contribution in [0.15, 0.2) is 42.0 Å². The van der Waals surface area contributed by atoms with Gasteiger partial charge in [-0.3, -0.25) is 10.2 Å². The first-order valence-corrected chi connectivity index (χ1v) is 9.84. The Bertz CT molecular complexity index is 790. The fourth-order valence-electron chi connectivity index (χ4n) is 2.52. The van der Waals surface area contributed by atoms with Crippen molar-refractivity contribution in [3.8, 4) is 5.75 Å². The first kappa shape index (κ1) is 24.2. The lowest BCUT2D eigenvalue weighted by Crippen LogP contribution is -2.56. The summed E-state index contributed by atoms with van der Waals surface area (Å²) in [6.45, 7) is 8.50. The zero-order chi connectivity index (χ0) is 22.0. The van der Waals surface area contributed by atoms with Gasteiger partial charge < -0.3 is 15.0 Å². The van der Waals surface area contributed by atoms with Crippen LogP contribution in [0.4, 0.5) is 4.79 Å². The van der Waals surface area contributed by atoms with Gasteiger partial charge in [0.25, 0.3) is 5.91 Å². The third-order valence-electron chi connectivity index (χ3n) is 3.69. The summed E-state index contributed by atoms with van der Waals surface area (Å²) in [6.07, 6.45) is 6.26. The highest BCUT2D eigenvalue weighted by Gasteiger charge is 2.27. The molecule has 7 nitrogen and oxygen atoms in total. The summed E-state index contributed by atoms with van der Waals surface area (Å²) in [4.78, 5) is 26.4. The summed E-state index contributed by atoms with van der Waals surface area (Å²) in [6, 6.07) is 4.44. The molecule has 1 aliphatic heterocycles. The van der Waals surface area contributed by atoms with E-state index in [0.29, 0.717) is 22.9 Å². The minimum atomic E-state index is -0.439. The monoisotopic (exact) mass is 420 g/mol. The maximum Gasteiger partial charge on any atom is 0.339 e. The molecule has 2 rings (SSSR count). The van der Waals surface area contributed by atoms with Gasteiger partial charge in [-0.15, -0.1) is 0 Å². The third-order valence-corrected chi connectivity index (χ3v) is 3.99. The molecule has 1 fully saturated rings. The van der Waals surface area contributed by atoms with Crippen LogP contribution < -0.4 is 10.2 Å². The van der Waals surface area contributed by atoms with Crippen molar-refractivity contribution < 1.29 is 14.3 Å². The summed E-state index contributed by atoms with van der Waals surface area (Å²) < 4.78 is 5.56. The molecular formula is C21H29ClN4O3. The van der Waals surface area contributed by atoms with Gasteiger partial charge in [-0.05, 0) is 43.7 Å². The molecule has 2 N–H and O–H groups in total. The minimum absolute atomic E-state index is 0.0319. The lowest BCUT2D eigenvalue weighted by molar-refractivity contribution is 0.0781. The maximum atomic E-state index is 12.5. The first-order chi connectivity index (χ1) is 13.8. The number of allylic oxidation sites excluding steroid dienone is 3. The van der Waals surface area contributed by atoms with Crippen LogP contribution in [0.2, 0.25) is 5.02 Å². The van der Waals surface area contributed by atoms with Crippen LogP contribution >= 0.6 is 11.6 Å². The molecule has 0 aromatic heterocycles. The van der Waals surface area contributed by atoms with Crippen LogP contribution in [0.1, 0.15) is 38.1 Å². The molecule has 1 aliphatic rings. The number of benzene rings is 1. The molecule has 0 spiro atoms. The summed E-state index contributed by atoms with van der Waals surface area (Å²) >= 11 is 6.18. The van der Waals surface area contributed by atoms with Crippen molar-refractivity contribution in [2.75, 3.05) is 20.1 Å². The first-order valence-electron chi connectivity index (χ1n) is 9.46. The van der Waals surface area contributed by atoms with E-state index in [1.165, 1.54) is 22.2 Å². The van der Waals surface area contributed by atoms with Crippen LogP contribution in [-0.4, -0.2) is 54.3 Å². The number of rotatable bonds is 6. The lowest BCUT2D eigenvalue weighted by atomic mass is 10.2. The molecule has 0 unspecified atom stereocenters. The fourth-order valence-corrected chi connectivity index (χ4v) is 2.74. The number of likely N-dealkylation sites (N-methyl/N-ethyl adjacent to an activating group) is 1. The summed E-state index contributed by atoms with van der Waals surface area (Å²) in [7, 11) is 1.66.